The van der Waals surface area contributed by atoms with E-state index in [4.69, 9.17) is 11.1 Å². The summed E-state index contributed by atoms with van der Waals surface area (Å²) in [7, 11) is 0. The minimum absolute atomic E-state index is 0.0441. The molecule has 9 heteroatoms. The molecule has 2 heterocycles. The topological polar surface area (TPSA) is 140 Å². The second kappa shape index (κ2) is 11.0. The molecule has 0 bridgehead atoms. The number of nitrogens with two attached hydrogens (primary N) is 1. The van der Waals surface area contributed by atoms with Crippen molar-refractivity contribution in [1.29, 1.82) is 5.41 Å². The first kappa shape index (κ1) is 26.1. The lowest BCUT2D eigenvalue weighted by molar-refractivity contribution is -0.143. The zero-order chi connectivity index (χ0) is 26.7. The Morgan fingerprint density at radius 2 is 1.89 bits per heavy atom. The molecule has 1 saturated heterocycles. The van der Waals surface area contributed by atoms with Crippen molar-refractivity contribution in [2.24, 2.45) is 11.7 Å². The lowest BCUT2D eigenvalue weighted by Crippen LogP contribution is -2.55. The van der Waals surface area contributed by atoms with Crippen LogP contribution in [0.25, 0.3) is 5.70 Å². The van der Waals surface area contributed by atoms with Gasteiger partial charge in [-0.1, -0.05) is 56.3 Å². The predicted octanol–water partition coefficient (Wildman–Crippen LogP) is 1.89. The summed E-state index contributed by atoms with van der Waals surface area (Å²) in [5.41, 5.74) is 9.45. The Kier molecular flexibility index (Phi) is 7.73. The first-order valence-corrected chi connectivity index (χ1v) is 12.4. The smallest absolute Gasteiger partial charge is 0.255 e. The van der Waals surface area contributed by atoms with Crippen LogP contribution in [-0.2, 0) is 22.7 Å². The van der Waals surface area contributed by atoms with Gasteiger partial charge in [0.25, 0.3) is 5.91 Å². The molecule has 0 spiro atoms. The van der Waals surface area contributed by atoms with Gasteiger partial charge in [0.1, 0.15) is 12.1 Å². The quantitative estimate of drug-likeness (QED) is 0.408. The van der Waals surface area contributed by atoms with E-state index in [2.05, 4.69) is 5.32 Å². The third kappa shape index (κ3) is 5.41. The fourth-order valence-electron chi connectivity index (χ4n) is 5.06. The number of allylic oxidation sites excluding steroid dienone is 1. The molecule has 0 radical (unpaired) electrons. The summed E-state index contributed by atoms with van der Waals surface area (Å²) in [5.74, 6) is -1.05. The molecule has 4 rings (SSSR count). The Bertz CT molecular complexity index is 1220. The zero-order valence-electron chi connectivity index (χ0n) is 21.1. The van der Waals surface area contributed by atoms with Crippen LogP contribution in [0.5, 0.6) is 0 Å². The van der Waals surface area contributed by atoms with E-state index in [-0.39, 0.29) is 43.1 Å². The van der Waals surface area contributed by atoms with Crippen molar-refractivity contribution >= 4 is 29.6 Å². The van der Waals surface area contributed by atoms with Crippen molar-refractivity contribution in [3.8, 4) is 0 Å². The normalized spacial score (nSPS) is 20.2. The van der Waals surface area contributed by atoms with Gasteiger partial charge in [-0.3, -0.25) is 14.4 Å². The summed E-state index contributed by atoms with van der Waals surface area (Å²) in [5, 5.41) is 20.4. The fraction of sp³-hybridized carbons (Fsp3) is 0.357. The van der Waals surface area contributed by atoms with Crippen LogP contribution in [0, 0.1) is 11.3 Å². The maximum atomic E-state index is 13.8. The van der Waals surface area contributed by atoms with Gasteiger partial charge in [0.15, 0.2) is 0 Å². The number of aliphatic hydroxyl groups is 1. The molecule has 194 valence electrons. The Labute approximate surface area is 216 Å². The molecule has 2 aliphatic heterocycles. The third-order valence-electron chi connectivity index (χ3n) is 6.95. The number of hydrogen-bond donors (Lipinski definition) is 4. The van der Waals surface area contributed by atoms with Crippen LogP contribution in [0.15, 0.2) is 54.6 Å². The Balaban J connectivity index is 1.46. The van der Waals surface area contributed by atoms with Gasteiger partial charge in [0, 0.05) is 43.5 Å². The van der Waals surface area contributed by atoms with Crippen molar-refractivity contribution in [2.45, 2.75) is 51.5 Å². The van der Waals surface area contributed by atoms with E-state index < -0.39 is 18.2 Å². The molecule has 0 saturated carbocycles. The summed E-state index contributed by atoms with van der Waals surface area (Å²) in [6.07, 6.45) is 1.93. The molecule has 0 aromatic heterocycles. The van der Waals surface area contributed by atoms with Crippen LogP contribution in [0.3, 0.4) is 0 Å². The first-order valence-electron chi connectivity index (χ1n) is 12.4. The number of fused-ring (bicyclic) bond motifs is 1. The number of β-amino-alcohol motifs (C(OH)–C–C–N with tert-alkyl or cyclic N) is 1. The van der Waals surface area contributed by atoms with Gasteiger partial charge in [0.2, 0.25) is 11.8 Å². The number of benzene rings is 2. The van der Waals surface area contributed by atoms with Crippen molar-refractivity contribution < 1.29 is 19.5 Å². The molecular weight excluding hydrogens is 470 g/mol. The molecule has 2 aliphatic rings. The van der Waals surface area contributed by atoms with E-state index in [0.717, 1.165) is 22.9 Å². The Morgan fingerprint density at radius 1 is 1.19 bits per heavy atom. The average molecular weight is 504 g/mol. The summed E-state index contributed by atoms with van der Waals surface area (Å²) < 4.78 is 0. The molecule has 2 aromatic carbocycles. The van der Waals surface area contributed by atoms with Crippen LogP contribution >= 0.6 is 0 Å². The maximum Gasteiger partial charge on any atom is 0.255 e. The molecule has 5 N–H and O–H groups in total. The molecule has 37 heavy (non-hydrogen) atoms. The SMILES string of the molecule is CC(C)[C@@H](C(=O)N1C[C@H](O)C[C@H]1C(=O)NCc1ccc(/C(N)=C/C=N)cc1)N1Cc2ccccc2C1=O. The standard InChI is InChI=1S/C28H33N5O4/c1-17(2)25(33-15-20-5-3-4-6-22(20)27(33)36)28(37)32-16-21(34)13-24(32)26(35)31-14-18-7-9-19(10-8-18)23(30)11-12-29/h3-12,17,21,24-25,29,34H,13-16,30H2,1-2H3,(H,31,35)/b23-11-,29-12?/t21-,24+,25+/m1/s1. The van der Waals surface area contributed by atoms with E-state index in [9.17, 15) is 19.5 Å². The number of nitrogens with zero attached hydrogens (tertiary/aromatic N) is 2. The summed E-state index contributed by atoms with van der Waals surface area (Å²) in [6.45, 7) is 4.40. The highest BCUT2D eigenvalue weighted by molar-refractivity contribution is 6.01. The second-order valence-electron chi connectivity index (χ2n) is 9.88. The van der Waals surface area contributed by atoms with Gasteiger partial charge < -0.3 is 31.4 Å². The van der Waals surface area contributed by atoms with Gasteiger partial charge in [0.05, 0.1) is 6.10 Å². The van der Waals surface area contributed by atoms with Crippen molar-refractivity contribution in [3.05, 3.63) is 76.9 Å². The van der Waals surface area contributed by atoms with Crippen LogP contribution < -0.4 is 11.1 Å². The third-order valence-corrected chi connectivity index (χ3v) is 6.95. The number of aliphatic hydroxyl groups excluding tert-OH is 1. The first-order chi connectivity index (χ1) is 17.7. The van der Waals surface area contributed by atoms with E-state index in [1.807, 2.05) is 50.2 Å². The van der Waals surface area contributed by atoms with Crippen LogP contribution in [0.2, 0.25) is 0 Å². The lowest BCUT2D eigenvalue weighted by atomic mass is 10.0. The molecule has 1 fully saturated rings. The van der Waals surface area contributed by atoms with Gasteiger partial charge in [-0.05, 0) is 34.8 Å². The average Bonchev–Trinajstić information content (AvgIpc) is 3.43. The van der Waals surface area contributed by atoms with Crippen LogP contribution in [0.1, 0.15) is 47.3 Å². The second-order valence-corrected chi connectivity index (χ2v) is 9.88. The molecule has 3 atom stereocenters. The number of likely N-dealkylation sites (tertiary alicyclic amines) is 1. The highest BCUT2D eigenvalue weighted by Gasteiger charge is 2.45. The highest BCUT2D eigenvalue weighted by Crippen LogP contribution is 2.30. The number of nitrogens with one attached hydrogen (secondary N) is 2. The number of hydrogen-bond acceptors (Lipinski definition) is 6. The van der Waals surface area contributed by atoms with Gasteiger partial charge in [-0.2, -0.15) is 0 Å². The highest BCUT2D eigenvalue weighted by atomic mass is 16.3. The van der Waals surface area contributed by atoms with Crippen molar-refractivity contribution in [3.63, 3.8) is 0 Å². The lowest BCUT2D eigenvalue weighted by Gasteiger charge is -2.35. The van der Waals surface area contributed by atoms with E-state index >= 15 is 0 Å². The minimum atomic E-state index is -0.825. The fourth-order valence-corrected chi connectivity index (χ4v) is 5.06. The Hall–Kier alpha value is -3.98. The van der Waals surface area contributed by atoms with E-state index in [1.54, 1.807) is 17.0 Å². The van der Waals surface area contributed by atoms with Gasteiger partial charge in [-0.25, -0.2) is 0 Å². The summed E-state index contributed by atoms with van der Waals surface area (Å²) >= 11 is 0. The number of carbonyl (C=O) groups is 3. The minimum Gasteiger partial charge on any atom is -0.398 e. The van der Waals surface area contributed by atoms with Gasteiger partial charge in [-0.15, -0.1) is 0 Å². The van der Waals surface area contributed by atoms with Crippen LogP contribution in [-0.4, -0.2) is 63.6 Å². The number of rotatable bonds is 8. The molecule has 9 nitrogen and oxygen atoms in total. The molecule has 2 aromatic rings. The summed E-state index contributed by atoms with van der Waals surface area (Å²) in [4.78, 5) is 43.0. The Morgan fingerprint density at radius 3 is 2.54 bits per heavy atom. The molecule has 0 unspecified atom stereocenters. The van der Waals surface area contributed by atoms with Gasteiger partial charge >= 0.3 is 0 Å². The van der Waals surface area contributed by atoms with Crippen molar-refractivity contribution in [2.75, 3.05) is 6.54 Å². The zero-order valence-corrected chi connectivity index (χ0v) is 21.1. The number of carbonyl (C=O) groups excluding carboxylic acids is 3. The molecule has 3 amide bonds. The van der Waals surface area contributed by atoms with E-state index in [0.29, 0.717) is 17.8 Å². The monoisotopic (exact) mass is 503 g/mol. The maximum absolute atomic E-state index is 13.8. The largest absolute Gasteiger partial charge is 0.398 e. The molecule has 0 aliphatic carbocycles. The summed E-state index contributed by atoms with van der Waals surface area (Å²) in [6, 6.07) is 13.0. The van der Waals surface area contributed by atoms with Crippen molar-refractivity contribution in [1.82, 2.24) is 15.1 Å². The van der Waals surface area contributed by atoms with Crippen LogP contribution in [0.4, 0.5) is 0 Å². The molecular formula is C28H33N5O4. The van der Waals surface area contributed by atoms with E-state index in [1.165, 1.54) is 11.0 Å². The number of amides is 3. The predicted molar refractivity (Wildman–Crippen MR) is 140 cm³/mol.